The van der Waals surface area contributed by atoms with Gasteiger partial charge in [0, 0.05) is 62.7 Å². The van der Waals surface area contributed by atoms with Crippen LogP contribution in [0, 0.1) is 0 Å². The Morgan fingerprint density at radius 1 is 1.24 bits per heavy atom. The van der Waals surface area contributed by atoms with E-state index >= 15 is 0 Å². The standard InChI is InChI=1S/C26H27ClN2O4.H2/c1-17(16-30)20-7-5-18(14-22(20)32-2)25(31)28-12-9-26(10-13-28)24-4-3-11-29(24)21-8-6-19(27)15-23(21)33-26;/h3-8,11,14-15,17,30H,9-10,12-13,16H2,1-2H3;1H. The second kappa shape index (κ2) is 8.43. The lowest BCUT2D eigenvalue weighted by Crippen LogP contribution is -2.50. The molecule has 1 spiro atoms. The largest absolute Gasteiger partial charge is 0.496 e. The number of methoxy groups -OCH3 is 1. The topological polar surface area (TPSA) is 63.9 Å². The SMILES string of the molecule is COc1cc(C(=O)N2CCC3(CC2)Oc2cc(Cl)ccc2-n2cccc23)ccc1C(C)CO.[HH]. The second-order valence-corrected chi connectivity index (χ2v) is 9.24. The number of carbonyl (C=O) groups excluding carboxylic acids is 1. The van der Waals surface area contributed by atoms with Gasteiger partial charge in [-0.25, -0.2) is 0 Å². The van der Waals surface area contributed by atoms with Crippen LogP contribution in [-0.4, -0.2) is 47.3 Å². The van der Waals surface area contributed by atoms with Crippen LogP contribution < -0.4 is 9.47 Å². The number of halogens is 1. The summed E-state index contributed by atoms with van der Waals surface area (Å²) in [6.07, 6.45) is 3.42. The first-order valence-electron chi connectivity index (χ1n) is 11.2. The van der Waals surface area contributed by atoms with Gasteiger partial charge in [-0.2, -0.15) is 0 Å². The number of fused-ring (bicyclic) bond motifs is 4. The molecular weight excluding hydrogens is 440 g/mol. The Hall–Kier alpha value is -2.96. The summed E-state index contributed by atoms with van der Waals surface area (Å²) in [4.78, 5) is 15.2. The molecule has 1 amide bonds. The van der Waals surface area contributed by atoms with Crippen molar-refractivity contribution in [2.75, 3.05) is 26.8 Å². The molecule has 2 aromatic carbocycles. The molecular formula is C26H29ClN2O4. The molecule has 1 fully saturated rings. The minimum absolute atomic E-state index is 0. The highest BCUT2D eigenvalue weighted by molar-refractivity contribution is 6.30. The molecule has 6 nitrogen and oxygen atoms in total. The monoisotopic (exact) mass is 468 g/mol. The first-order chi connectivity index (χ1) is 16.0. The number of carbonyl (C=O) groups is 1. The summed E-state index contributed by atoms with van der Waals surface area (Å²) in [6.45, 7) is 3.11. The highest BCUT2D eigenvalue weighted by Gasteiger charge is 2.44. The summed E-state index contributed by atoms with van der Waals surface area (Å²) in [7, 11) is 1.58. The molecule has 0 aliphatic carbocycles. The summed E-state index contributed by atoms with van der Waals surface area (Å²) in [5, 5.41) is 10.1. The third-order valence-electron chi connectivity index (χ3n) is 6.85. The number of amides is 1. The molecule has 0 saturated carbocycles. The van der Waals surface area contributed by atoms with Crippen LogP contribution in [-0.2, 0) is 5.60 Å². The fourth-order valence-electron chi connectivity index (χ4n) is 4.96. The molecule has 2 aliphatic heterocycles. The predicted molar refractivity (Wildman–Crippen MR) is 129 cm³/mol. The van der Waals surface area contributed by atoms with Crippen molar-refractivity contribution < 1.29 is 20.8 Å². The Labute approximate surface area is 199 Å². The van der Waals surface area contributed by atoms with Crippen molar-refractivity contribution in [1.82, 2.24) is 9.47 Å². The van der Waals surface area contributed by atoms with Gasteiger partial charge in [-0.05, 0) is 42.0 Å². The Bertz CT molecular complexity index is 1200. The van der Waals surface area contributed by atoms with Crippen LogP contribution in [0.25, 0.3) is 5.69 Å². The molecule has 3 heterocycles. The van der Waals surface area contributed by atoms with Gasteiger partial charge in [-0.1, -0.05) is 24.6 Å². The van der Waals surface area contributed by atoms with Gasteiger partial charge >= 0.3 is 0 Å². The zero-order chi connectivity index (χ0) is 23.2. The lowest BCUT2D eigenvalue weighted by Gasteiger charge is -2.45. The molecule has 7 heteroatoms. The van der Waals surface area contributed by atoms with Crippen LogP contribution in [0.2, 0.25) is 5.02 Å². The summed E-state index contributed by atoms with van der Waals surface area (Å²) in [5.41, 5.74) is 3.07. The number of rotatable bonds is 4. The summed E-state index contributed by atoms with van der Waals surface area (Å²) in [5.74, 6) is 1.30. The summed E-state index contributed by atoms with van der Waals surface area (Å²) in [6, 6.07) is 15.3. The molecule has 5 rings (SSSR count). The van der Waals surface area contributed by atoms with Crippen molar-refractivity contribution in [2.45, 2.75) is 31.3 Å². The van der Waals surface area contributed by atoms with E-state index < -0.39 is 5.60 Å². The average molecular weight is 469 g/mol. The first kappa shape index (κ1) is 21.9. The zero-order valence-electron chi connectivity index (χ0n) is 18.8. The molecule has 1 unspecified atom stereocenters. The quantitative estimate of drug-likeness (QED) is 0.585. The minimum Gasteiger partial charge on any atom is -0.496 e. The maximum atomic E-state index is 13.3. The maximum absolute atomic E-state index is 13.3. The van der Waals surface area contributed by atoms with E-state index in [1.807, 2.05) is 54.4 Å². The van der Waals surface area contributed by atoms with E-state index in [-0.39, 0.29) is 19.9 Å². The molecule has 1 N–H and O–H groups in total. The van der Waals surface area contributed by atoms with Crippen molar-refractivity contribution >= 4 is 17.5 Å². The van der Waals surface area contributed by atoms with E-state index in [0.29, 0.717) is 42.3 Å². The Kier molecular flexibility index (Phi) is 5.59. The second-order valence-electron chi connectivity index (χ2n) is 8.80. The van der Waals surface area contributed by atoms with Crippen molar-refractivity contribution in [3.63, 3.8) is 0 Å². The molecule has 0 bridgehead atoms. The lowest BCUT2D eigenvalue weighted by atomic mass is 9.86. The van der Waals surface area contributed by atoms with Gasteiger partial charge < -0.3 is 24.0 Å². The van der Waals surface area contributed by atoms with E-state index in [0.717, 1.165) is 22.7 Å². The number of aromatic nitrogens is 1. The lowest BCUT2D eigenvalue weighted by molar-refractivity contribution is -0.00930. The normalized spacial score (nSPS) is 17.2. The Morgan fingerprint density at radius 3 is 2.76 bits per heavy atom. The van der Waals surface area contributed by atoms with Crippen molar-refractivity contribution in [3.8, 4) is 17.2 Å². The number of benzene rings is 2. The number of likely N-dealkylation sites (tertiary alicyclic amines) is 1. The zero-order valence-corrected chi connectivity index (χ0v) is 19.5. The summed E-state index contributed by atoms with van der Waals surface area (Å²) >= 11 is 6.24. The number of hydrogen-bond acceptors (Lipinski definition) is 4. The van der Waals surface area contributed by atoms with Gasteiger partial charge in [0.15, 0.2) is 5.60 Å². The van der Waals surface area contributed by atoms with Crippen molar-refractivity contribution in [1.29, 1.82) is 0 Å². The van der Waals surface area contributed by atoms with Crippen LogP contribution in [0.15, 0.2) is 54.7 Å². The number of ether oxygens (including phenoxy) is 2. The van der Waals surface area contributed by atoms with Gasteiger partial charge in [0.1, 0.15) is 11.5 Å². The molecule has 1 saturated heterocycles. The molecule has 1 atom stereocenters. The van der Waals surface area contributed by atoms with Gasteiger partial charge in [-0.15, -0.1) is 0 Å². The smallest absolute Gasteiger partial charge is 0.253 e. The van der Waals surface area contributed by atoms with Crippen LogP contribution in [0.4, 0.5) is 0 Å². The molecule has 2 aliphatic rings. The van der Waals surface area contributed by atoms with E-state index in [9.17, 15) is 9.90 Å². The molecule has 0 radical (unpaired) electrons. The first-order valence-corrected chi connectivity index (χ1v) is 11.6. The molecule has 3 aromatic rings. The molecule has 174 valence electrons. The van der Waals surface area contributed by atoms with Gasteiger partial charge in [0.25, 0.3) is 5.91 Å². The van der Waals surface area contributed by atoms with Crippen LogP contribution >= 0.6 is 11.6 Å². The Morgan fingerprint density at radius 2 is 2.03 bits per heavy atom. The van der Waals surface area contributed by atoms with Crippen LogP contribution in [0.5, 0.6) is 11.5 Å². The van der Waals surface area contributed by atoms with Crippen molar-refractivity contribution in [3.05, 3.63) is 76.6 Å². The third-order valence-corrected chi connectivity index (χ3v) is 7.08. The summed E-state index contributed by atoms with van der Waals surface area (Å²) < 4.78 is 14.2. The number of piperidine rings is 1. The average Bonchev–Trinajstić information content (AvgIpc) is 3.34. The number of nitrogens with zero attached hydrogens (tertiary/aromatic N) is 2. The van der Waals surface area contributed by atoms with E-state index in [1.165, 1.54) is 0 Å². The van der Waals surface area contributed by atoms with Crippen LogP contribution in [0.1, 0.15) is 48.7 Å². The van der Waals surface area contributed by atoms with E-state index in [4.69, 9.17) is 21.1 Å². The van der Waals surface area contributed by atoms with Gasteiger partial charge in [0.05, 0.1) is 18.5 Å². The fourth-order valence-corrected chi connectivity index (χ4v) is 5.12. The highest BCUT2D eigenvalue weighted by Crippen LogP contribution is 2.46. The maximum Gasteiger partial charge on any atom is 0.253 e. The number of aliphatic hydroxyl groups excluding tert-OH is 1. The number of aliphatic hydroxyl groups is 1. The minimum atomic E-state index is -0.490. The predicted octanol–water partition coefficient (Wildman–Crippen LogP) is 5.01. The fraction of sp³-hybridized carbons (Fsp3) is 0.346. The molecule has 1 aromatic heterocycles. The Balaban J connectivity index is 0.00000274. The van der Waals surface area contributed by atoms with E-state index in [1.54, 1.807) is 13.2 Å². The van der Waals surface area contributed by atoms with Crippen LogP contribution in [0.3, 0.4) is 0 Å². The molecule has 33 heavy (non-hydrogen) atoms. The van der Waals surface area contributed by atoms with Gasteiger partial charge in [-0.3, -0.25) is 4.79 Å². The number of hydrogen-bond donors (Lipinski definition) is 1. The highest BCUT2D eigenvalue weighted by atomic mass is 35.5. The van der Waals surface area contributed by atoms with E-state index in [2.05, 4.69) is 10.6 Å². The van der Waals surface area contributed by atoms with Crippen molar-refractivity contribution in [2.24, 2.45) is 0 Å². The van der Waals surface area contributed by atoms with Gasteiger partial charge in [0.2, 0.25) is 0 Å². The third kappa shape index (κ3) is 3.67.